The molecule has 0 aromatic rings. The van der Waals surface area contributed by atoms with Gasteiger partial charge in [0.15, 0.2) is 0 Å². The fraction of sp³-hybridized carbons (Fsp3) is 0.765. The zero-order chi connectivity index (χ0) is 15.3. The van der Waals surface area contributed by atoms with Gasteiger partial charge in [0, 0.05) is 11.3 Å². The molecule has 1 N–H and O–H groups in total. The van der Waals surface area contributed by atoms with Gasteiger partial charge in [-0.3, -0.25) is 4.79 Å². The van der Waals surface area contributed by atoms with E-state index in [1.807, 2.05) is 11.8 Å². The lowest BCUT2D eigenvalue weighted by molar-refractivity contribution is -0.146. The average Bonchev–Trinajstić information content (AvgIpc) is 2.93. The molecule has 0 radical (unpaired) electrons. The summed E-state index contributed by atoms with van der Waals surface area (Å²) in [7, 11) is 0. The molecule has 22 heavy (non-hydrogen) atoms. The summed E-state index contributed by atoms with van der Waals surface area (Å²) in [5, 5.41) is 9.18. The topological polar surface area (TPSA) is 57.6 Å². The number of carbonyl (C=O) groups excluding carboxylic acids is 1. The fourth-order valence-corrected chi connectivity index (χ4v) is 7.16. The summed E-state index contributed by atoms with van der Waals surface area (Å²) >= 11 is 1.83. The van der Waals surface area contributed by atoms with Gasteiger partial charge in [0.05, 0.1) is 5.75 Å². The Kier molecular flexibility index (Phi) is 3.51. The van der Waals surface area contributed by atoms with Gasteiger partial charge in [-0.15, -0.1) is 11.8 Å². The number of aliphatic carboxylic acids is 1. The number of carboxylic acid groups (broad SMARTS) is 1. The van der Waals surface area contributed by atoms with Gasteiger partial charge in [-0.25, -0.2) is 4.79 Å². The Labute approximate surface area is 135 Å². The first-order valence-corrected chi connectivity index (χ1v) is 9.36. The molecule has 4 nitrogen and oxygen atoms in total. The van der Waals surface area contributed by atoms with E-state index in [9.17, 15) is 14.7 Å². The van der Waals surface area contributed by atoms with Crippen LogP contribution in [0.25, 0.3) is 0 Å². The van der Waals surface area contributed by atoms with Gasteiger partial charge in [-0.2, -0.15) is 0 Å². The molecule has 5 aliphatic rings. The highest BCUT2D eigenvalue weighted by atomic mass is 32.2. The first-order valence-electron chi connectivity index (χ1n) is 8.37. The summed E-state index contributed by atoms with van der Waals surface area (Å²) in [5.74, 6) is 2.15. The number of nitrogens with zero attached hydrogens (tertiary/aromatic N) is 1. The zero-order valence-electron chi connectivity index (χ0n) is 12.7. The van der Waals surface area contributed by atoms with Crippen molar-refractivity contribution in [3.8, 4) is 0 Å². The van der Waals surface area contributed by atoms with Crippen molar-refractivity contribution in [1.29, 1.82) is 0 Å². The minimum Gasteiger partial charge on any atom is -0.479 e. The molecule has 120 valence electrons. The maximum Gasteiger partial charge on any atom is 0.330 e. The SMILES string of the molecule is O=C(O)[C@H]1C=CCN1C(=O)CSC12CC3CC(CC(C3)C1)C2. The highest BCUT2D eigenvalue weighted by Gasteiger charge is 2.51. The molecule has 5 heteroatoms. The summed E-state index contributed by atoms with van der Waals surface area (Å²) in [6, 6.07) is -0.760. The Morgan fingerprint density at radius 2 is 1.73 bits per heavy atom. The summed E-state index contributed by atoms with van der Waals surface area (Å²) in [6.45, 7) is 0.442. The molecule has 1 atom stereocenters. The molecular formula is C17H23NO3S. The molecular weight excluding hydrogens is 298 g/mol. The lowest BCUT2D eigenvalue weighted by Crippen LogP contribution is -2.49. The quantitative estimate of drug-likeness (QED) is 0.809. The highest BCUT2D eigenvalue weighted by Crippen LogP contribution is 2.60. The number of hydrogen-bond acceptors (Lipinski definition) is 3. The van der Waals surface area contributed by atoms with E-state index in [0.717, 1.165) is 17.8 Å². The highest BCUT2D eigenvalue weighted by molar-refractivity contribution is 8.01. The Bertz CT molecular complexity index is 495. The summed E-state index contributed by atoms with van der Waals surface area (Å²) in [5.41, 5.74) is 0. The van der Waals surface area contributed by atoms with E-state index in [2.05, 4.69) is 0 Å². The van der Waals surface area contributed by atoms with Crippen molar-refractivity contribution >= 4 is 23.6 Å². The van der Waals surface area contributed by atoms with Gasteiger partial charge in [-0.05, 0) is 56.3 Å². The summed E-state index contributed by atoms with van der Waals surface area (Å²) in [6.07, 6.45) is 11.5. The Morgan fingerprint density at radius 1 is 1.14 bits per heavy atom. The van der Waals surface area contributed by atoms with Crippen molar-refractivity contribution in [3.05, 3.63) is 12.2 Å². The van der Waals surface area contributed by atoms with Crippen LogP contribution >= 0.6 is 11.8 Å². The second-order valence-electron chi connectivity index (χ2n) is 7.65. The third-order valence-electron chi connectivity index (χ3n) is 6.01. The van der Waals surface area contributed by atoms with Gasteiger partial charge in [0.25, 0.3) is 0 Å². The lowest BCUT2D eigenvalue weighted by atomic mass is 9.56. The molecule has 5 rings (SSSR count). The van der Waals surface area contributed by atoms with Gasteiger partial charge in [0.2, 0.25) is 5.91 Å². The van der Waals surface area contributed by atoms with Gasteiger partial charge in [-0.1, -0.05) is 12.2 Å². The molecule has 1 amide bonds. The predicted octanol–water partition coefficient (Wildman–Crippen LogP) is 2.54. The molecule has 0 aromatic heterocycles. The number of carboxylic acids is 1. The van der Waals surface area contributed by atoms with Crippen LogP contribution in [-0.4, -0.2) is 45.0 Å². The monoisotopic (exact) mass is 321 g/mol. The van der Waals surface area contributed by atoms with Crippen LogP contribution in [0.4, 0.5) is 0 Å². The molecule has 4 fully saturated rings. The van der Waals surface area contributed by atoms with E-state index in [4.69, 9.17) is 0 Å². The minimum absolute atomic E-state index is 0.0156. The van der Waals surface area contributed by atoms with Crippen LogP contribution in [0, 0.1) is 17.8 Å². The fourth-order valence-electron chi connectivity index (χ4n) is 5.50. The average molecular weight is 321 g/mol. The maximum atomic E-state index is 12.5. The number of hydrogen-bond donors (Lipinski definition) is 1. The third-order valence-corrected chi connectivity index (χ3v) is 7.52. The predicted molar refractivity (Wildman–Crippen MR) is 85.6 cm³/mol. The molecule has 4 saturated carbocycles. The van der Waals surface area contributed by atoms with Crippen LogP contribution in [0.1, 0.15) is 38.5 Å². The Hall–Kier alpha value is -0.970. The molecule has 4 bridgehead atoms. The second-order valence-corrected chi connectivity index (χ2v) is 9.09. The van der Waals surface area contributed by atoms with Crippen LogP contribution in [-0.2, 0) is 9.59 Å². The van der Waals surface area contributed by atoms with Gasteiger partial charge in [0.1, 0.15) is 6.04 Å². The van der Waals surface area contributed by atoms with Crippen molar-refractivity contribution in [2.45, 2.75) is 49.3 Å². The smallest absolute Gasteiger partial charge is 0.330 e. The van der Waals surface area contributed by atoms with E-state index in [-0.39, 0.29) is 5.91 Å². The van der Waals surface area contributed by atoms with E-state index in [1.165, 1.54) is 43.4 Å². The van der Waals surface area contributed by atoms with Crippen LogP contribution in [0.5, 0.6) is 0 Å². The number of thioether (sulfide) groups is 1. The number of rotatable bonds is 4. The van der Waals surface area contributed by atoms with Crippen molar-refractivity contribution in [3.63, 3.8) is 0 Å². The second kappa shape index (κ2) is 5.29. The van der Waals surface area contributed by atoms with Crippen LogP contribution < -0.4 is 0 Å². The molecule has 1 aliphatic heterocycles. The third kappa shape index (κ3) is 2.47. The number of carbonyl (C=O) groups is 2. The minimum atomic E-state index is -0.929. The van der Waals surface area contributed by atoms with Crippen molar-refractivity contribution in [2.75, 3.05) is 12.3 Å². The van der Waals surface area contributed by atoms with E-state index in [0.29, 0.717) is 17.0 Å². The Balaban J connectivity index is 1.38. The van der Waals surface area contributed by atoms with Crippen LogP contribution in [0.15, 0.2) is 12.2 Å². The molecule has 0 saturated heterocycles. The van der Waals surface area contributed by atoms with Crippen LogP contribution in [0.3, 0.4) is 0 Å². The first-order chi connectivity index (χ1) is 10.5. The van der Waals surface area contributed by atoms with Gasteiger partial charge >= 0.3 is 5.97 Å². The van der Waals surface area contributed by atoms with Gasteiger partial charge < -0.3 is 10.0 Å². The molecule has 4 aliphatic carbocycles. The molecule has 1 heterocycles. The van der Waals surface area contributed by atoms with Crippen molar-refractivity contribution in [1.82, 2.24) is 4.90 Å². The first kappa shape index (κ1) is 14.6. The molecule has 0 aromatic carbocycles. The van der Waals surface area contributed by atoms with E-state index >= 15 is 0 Å². The van der Waals surface area contributed by atoms with E-state index in [1.54, 1.807) is 12.2 Å². The van der Waals surface area contributed by atoms with Crippen LogP contribution in [0.2, 0.25) is 0 Å². The van der Waals surface area contributed by atoms with E-state index < -0.39 is 12.0 Å². The van der Waals surface area contributed by atoms with Crippen molar-refractivity contribution < 1.29 is 14.7 Å². The standard InChI is InChI=1S/C17H23NO3S/c19-15(18-3-1-2-14(18)16(20)21)10-22-17-7-11-4-12(8-17)6-13(5-11)9-17/h1-2,11-14H,3-10H2,(H,20,21)/t11?,12?,13?,14-,17?/m1/s1. The van der Waals surface area contributed by atoms with Crippen molar-refractivity contribution in [2.24, 2.45) is 17.8 Å². The largest absolute Gasteiger partial charge is 0.479 e. The lowest BCUT2D eigenvalue weighted by Gasteiger charge is -2.56. The summed E-state index contributed by atoms with van der Waals surface area (Å²) in [4.78, 5) is 25.1. The molecule has 0 spiro atoms. The normalized spacial score (nSPS) is 42.1. The maximum absolute atomic E-state index is 12.5. The zero-order valence-corrected chi connectivity index (χ0v) is 13.6. The Morgan fingerprint density at radius 3 is 2.27 bits per heavy atom. The molecule has 0 unspecified atom stereocenters. The summed E-state index contributed by atoms with van der Waals surface area (Å²) < 4.78 is 0.316. The number of amides is 1.